The fourth-order valence-electron chi connectivity index (χ4n) is 2.32. The Morgan fingerprint density at radius 2 is 1.68 bits per heavy atom. The molecule has 2 aromatic rings. The van der Waals surface area contributed by atoms with Crippen molar-refractivity contribution in [2.75, 3.05) is 13.7 Å². The van der Waals surface area contributed by atoms with Gasteiger partial charge in [-0.25, -0.2) is 0 Å². The summed E-state index contributed by atoms with van der Waals surface area (Å²) in [6.07, 6.45) is -3.91. The van der Waals surface area contributed by atoms with Gasteiger partial charge in [-0.05, 0) is 36.8 Å². The Balaban J connectivity index is 2.09. The molecule has 0 aromatic heterocycles. The second kappa shape index (κ2) is 9.12. The van der Waals surface area contributed by atoms with Crippen molar-refractivity contribution >= 4 is 11.8 Å². The normalized spacial score (nSPS) is 10.9. The van der Waals surface area contributed by atoms with E-state index in [1.54, 1.807) is 0 Å². The SMILES string of the molecule is CCCOc1ccc(C(=O)NNC(=O)c2ccccc2C(F)(F)F)cc1OC. The zero-order valence-corrected chi connectivity index (χ0v) is 15.2. The molecule has 0 bridgehead atoms. The van der Waals surface area contributed by atoms with Crippen molar-refractivity contribution in [3.05, 3.63) is 59.2 Å². The topological polar surface area (TPSA) is 76.7 Å². The second-order valence-corrected chi connectivity index (χ2v) is 5.67. The van der Waals surface area contributed by atoms with Crippen LogP contribution in [0.5, 0.6) is 11.5 Å². The summed E-state index contributed by atoms with van der Waals surface area (Å²) in [6, 6.07) is 8.65. The number of rotatable bonds is 6. The highest BCUT2D eigenvalue weighted by molar-refractivity contribution is 6.00. The highest BCUT2D eigenvalue weighted by Gasteiger charge is 2.34. The largest absolute Gasteiger partial charge is 0.493 e. The molecule has 150 valence electrons. The summed E-state index contributed by atoms with van der Waals surface area (Å²) in [5.41, 5.74) is 2.51. The average molecular weight is 396 g/mol. The predicted octanol–water partition coefficient (Wildman–Crippen LogP) is 3.58. The molecule has 0 spiro atoms. The maximum Gasteiger partial charge on any atom is 0.417 e. The zero-order valence-electron chi connectivity index (χ0n) is 15.2. The van der Waals surface area contributed by atoms with Gasteiger partial charge in [0.05, 0.1) is 24.8 Å². The summed E-state index contributed by atoms with van der Waals surface area (Å²) in [4.78, 5) is 24.3. The molecule has 28 heavy (non-hydrogen) atoms. The van der Waals surface area contributed by atoms with Gasteiger partial charge in [-0.2, -0.15) is 13.2 Å². The van der Waals surface area contributed by atoms with Crippen molar-refractivity contribution in [2.45, 2.75) is 19.5 Å². The molecule has 9 heteroatoms. The monoisotopic (exact) mass is 396 g/mol. The number of hydrazine groups is 1. The van der Waals surface area contributed by atoms with Crippen molar-refractivity contribution in [3.8, 4) is 11.5 Å². The van der Waals surface area contributed by atoms with E-state index >= 15 is 0 Å². The number of halogens is 3. The van der Waals surface area contributed by atoms with Gasteiger partial charge in [0.2, 0.25) is 0 Å². The number of carbonyl (C=O) groups is 2. The number of ether oxygens (including phenoxy) is 2. The summed E-state index contributed by atoms with van der Waals surface area (Å²) in [6.45, 7) is 2.41. The van der Waals surface area contributed by atoms with E-state index < -0.39 is 29.1 Å². The van der Waals surface area contributed by atoms with Crippen LogP contribution in [0.1, 0.15) is 39.6 Å². The van der Waals surface area contributed by atoms with Crippen LogP contribution in [0.2, 0.25) is 0 Å². The van der Waals surface area contributed by atoms with E-state index in [2.05, 4.69) is 5.43 Å². The third-order valence-electron chi connectivity index (χ3n) is 3.65. The Bertz CT molecular complexity index is 853. The molecule has 0 fully saturated rings. The molecule has 2 aromatic carbocycles. The lowest BCUT2D eigenvalue weighted by atomic mass is 10.1. The van der Waals surface area contributed by atoms with E-state index in [-0.39, 0.29) is 5.56 Å². The summed E-state index contributed by atoms with van der Waals surface area (Å²) < 4.78 is 49.6. The van der Waals surface area contributed by atoms with E-state index in [1.165, 1.54) is 37.4 Å². The van der Waals surface area contributed by atoms with Crippen molar-refractivity contribution in [1.82, 2.24) is 10.9 Å². The maximum absolute atomic E-state index is 13.0. The summed E-state index contributed by atoms with van der Waals surface area (Å²) >= 11 is 0. The van der Waals surface area contributed by atoms with Crippen LogP contribution in [0.25, 0.3) is 0 Å². The van der Waals surface area contributed by atoms with Gasteiger partial charge in [-0.1, -0.05) is 19.1 Å². The van der Waals surface area contributed by atoms with E-state index in [9.17, 15) is 22.8 Å². The molecule has 0 aliphatic carbocycles. The number of carbonyl (C=O) groups excluding carboxylic acids is 2. The fourth-order valence-corrected chi connectivity index (χ4v) is 2.32. The molecule has 2 rings (SSSR count). The Morgan fingerprint density at radius 1 is 1.00 bits per heavy atom. The van der Waals surface area contributed by atoms with Gasteiger partial charge in [0.25, 0.3) is 11.8 Å². The van der Waals surface area contributed by atoms with Gasteiger partial charge >= 0.3 is 6.18 Å². The molecule has 0 saturated heterocycles. The van der Waals surface area contributed by atoms with Gasteiger partial charge in [-0.15, -0.1) is 0 Å². The van der Waals surface area contributed by atoms with Gasteiger partial charge < -0.3 is 9.47 Å². The highest BCUT2D eigenvalue weighted by atomic mass is 19.4. The van der Waals surface area contributed by atoms with Crippen LogP contribution in [0, 0.1) is 0 Å². The molecule has 0 heterocycles. The minimum absolute atomic E-state index is 0.130. The standard InChI is InChI=1S/C19H19F3N2O4/c1-3-10-28-15-9-8-12(11-16(15)27-2)17(25)23-24-18(26)13-6-4-5-7-14(13)19(20,21)22/h4-9,11H,3,10H2,1-2H3,(H,23,25)(H,24,26). The first-order valence-corrected chi connectivity index (χ1v) is 8.35. The summed E-state index contributed by atoms with van der Waals surface area (Å²) in [5.74, 6) is -1.05. The number of benzene rings is 2. The van der Waals surface area contributed by atoms with E-state index in [0.717, 1.165) is 18.6 Å². The number of hydrogen-bond acceptors (Lipinski definition) is 4. The van der Waals surface area contributed by atoms with Crippen LogP contribution in [0.3, 0.4) is 0 Å². The van der Waals surface area contributed by atoms with Gasteiger partial charge in [0, 0.05) is 5.56 Å². The first kappa shape index (κ1) is 21.1. The van der Waals surface area contributed by atoms with Crippen LogP contribution in [-0.4, -0.2) is 25.5 Å². The second-order valence-electron chi connectivity index (χ2n) is 5.67. The van der Waals surface area contributed by atoms with Crippen LogP contribution < -0.4 is 20.3 Å². The lowest BCUT2D eigenvalue weighted by Crippen LogP contribution is -2.42. The molecule has 0 atom stereocenters. The first-order chi connectivity index (χ1) is 13.3. The third-order valence-corrected chi connectivity index (χ3v) is 3.65. The van der Waals surface area contributed by atoms with E-state index in [0.29, 0.717) is 18.1 Å². The molecule has 2 N–H and O–H groups in total. The maximum atomic E-state index is 13.0. The van der Waals surface area contributed by atoms with Gasteiger partial charge in [0.15, 0.2) is 11.5 Å². The molecular formula is C19H19F3N2O4. The Labute approximate surface area is 159 Å². The Morgan fingerprint density at radius 3 is 2.32 bits per heavy atom. The van der Waals surface area contributed by atoms with E-state index in [4.69, 9.17) is 9.47 Å². The first-order valence-electron chi connectivity index (χ1n) is 8.35. The Kier molecular flexibility index (Phi) is 6.86. The number of alkyl halides is 3. The molecule has 0 unspecified atom stereocenters. The van der Waals surface area contributed by atoms with Gasteiger partial charge in [-0.3, -0.25) is 20.4 Å². The number of amides is 2. The molecule has 0 aliphatic heterocycles. The third kappa shape index (κ3) is 5.15. The number of methoxy groups -OCH3 is 1. The number of hydrogen-bond donors (Lipinski definition) is 2. The van der Waals surface area contributed by atoms with Crippen LogP contribution in [0.4, 0.5) is 13.2 Å². The summed E-state index contributed by atoms with van der Waals surface area (Å²) in [5, 5.41) is 0. The van der Waals surface area contributed by atoms with Crippen molar-refractivity contribution in [3.63, 3.8) is 0 Å². The van der Waals surface area contributed by atoms with Gasteiger partial charge in [0.1, 0.15) is 0 Å². The van der Waals surface area contributed by atoms with Crippen molar-refractivity contribution in [1.29, 1.82) is 0 Å². The lowest BCUT2D eigenvalue weighted by molar-refractivity contribution is -0.137. The molecule has 0 saturated carbocycles. The van der Waals surface area contributed by atoms with Crippen molar-refractivity contribution in [2.24, 2.45) is 0 Å². The van der Waals surface area contributed by atoms with Crippen LogP contribution in [0.15, 0.2) is 42.5 Å². The molecular weight excluding hydrogens is 377 g/mol. The molecule has 6 nitrogen and oxygen atoms in total. The highest BCUT2D eigenvalue weighted by Crippen LogP contribution is 2.31. The quantitative estimate of drug-likeness (QED) is 0.732. The molecule has 2 amide bonds. The number of nitrogens with one attached hydrogen (secondary N) is 2. The van der Waals surface area contributed by atoms with Crippen LogP contribution in [-0.2, 0) is 6.18 Å². The average Bonchev–Trinajstić information content (AvgIpc) is 2.69. The minimum Gasteiger partial charge on any atom is -0.493 e. The smallest absolute Gasteiger partial charge is 0.417 e. The van der Waals surface area contributed by atoms with Crippen molar-refractivity contribution < 1.29 is 32.2 Å². The molecule has 0 radical (unpaired) electrons. The van der Waals surface area contributed by atoms with Crippen LogP contribution >= 0.6 is 0 Å². The Hall–Kier alpha value is -3.23. The van der Waals surface area contributed by atoms with E-state index in [1.807, 2.05) is 12.3 Å². The molecule has 0 aliphatic rings. The minimum atomic E-state index is -4.69. The predicted molar refractivity (Wildman–Crippen MR) is 95.2 cm³/mol. The summed E-state index contributed by atoms with van der Waals surface area (Å²) in [7, 11) is 1.41. The lowest BCUT2D eigenvalue weighted by Gasteiger charge is -2.14. The fraction of sp³-hybridized carbons (Fsp3) is 0.263. The zero-order chi connectivity index (χ0) is 20.7.